The summed E-state index contributed by atoms with van der Waals surface area (Å²) in [6, 6.07) is 9.10. The Morgan fingerprint density at radius 1 is 1.31 bits per heavy atom. The number of H-pyrrole nitrogens is 1. The zero-order chi connectivity index (χ0) is 18.7. The number of anilines is 1. The summed E-state index contributed by atoms with van der Waals surface area (Å²) in [5, 5.41) is 4.97. The summed E-state index contributed by atoms with van der Waals surface area (Å²) in [4.78, 5) is 30.6. The monoisotopic (exact) mass is 370 g/mol. The first-order valence-corrected chi connectivity index (χ1v) is 8.78. The number of benzene rings is 1. The smallest absolute Gasteiger partial charge is 0.266 e. The van der Waals surface area contributed by atoms with Crippen molar-refractivity contribution in [2.75, 3.05) is 5.32 Å². The summed E-state index contributed by atoms with van der Waals surface area (Å²) in [7, 11) is 0. The molecule has 7 nitrogen and oxygen atoms in total. The number of nitrogens with zero attached hydrogens (tertiary/aromatic N) is 1. The van der Waals surface area contributed by atoms with Crippen LogP contribution in [0.1, 0.15) is 23.0 Å². The van der Waals surface area contributed by atoms with Gasteiger partial charge in [0.25, 0.3) is 11.8 Å². The van der Waals surface area contributed by atoms with Gasteiger partial charge < -0.3 is 15.5 Å². The summed E-state index contributed by atoms with van der Waals surface area (Å²) in [5.41, 5.74) is 8.01. The van der Waals surface area contributed by atoms with Crippen molar-refractivity contribution in [2.45, 2.75) is 20.0 Å². The molecule has 2 aromatic heterocycles. The lowest BCUT2D eigenvalue weighted by molar-refractivity contribution is -0.122. The fraction of sp³-hybridized carbons (Fsp3) is 0.167. The molecule has 0 saturated heterocycles. The fourth-order valence-electron chi connectivity index (χ4n) is 2.23. The first kappa shape index (κ1) is 17.7. The molecule has 3 rings (SSSR count). The molecule has 0 fully saturated rings. The quantitative estimate of drug-likeness (QED) is 0.619. The molecule has 3 aromatic rings. The zero-order valence-electron chi connectivity index (χ0n) is 14.3. The Bertz CT molecular complexity index is 930. The molecule has 0 aliphatic rings. The number of hydrogen-bond acceptors (Lipinski definition) is 5. The van der Waals surface area contributed by atoms with Crippen molar-refractivity contribution in [3.05, 3.63) is 53.2 Å². The average Bonchev–Trinajstić information content (AvgIpc) is 3.26. The van der Waals surface area contributed by atoms with Gasteiger partial charge in [0.1, 0.15) is 11.4 Å². The van der Waals surface area contributed by atoms with Crippen LogP contribution in [0.5, 0.6) is 5.75 Å². The van der Waals surface area contributed by atoms with Crippen LogP contribution in [0.4, 0.5) is 5.13 Å². The van der Waals surface area contributed by atoms with E-state index in [-0.39, 0.29) is 5.91 Å². The third-order valence-corrected chi connectivity index (χ3v) is 4.44. The van der Waals surface area contributed by atoms with Gasteiger partial charge in [0.05, 0.1) is 5.69 Å². The van der Waals surface area contributed by atoms with Crippen molar-refractivity contribution in [2.24, 2.45) is 5.73 Å². The highest BCUT2D eigenvalue weighted by Crippen LogP contribution is 2.25. The number of aromatic nitrogens is 2. The van der Waals surface area contributed by atoms with E-state index in [4.69, 9.17) is 10.5 Å². The maximum absolute atomic E-state index is 12.3. The van der Waals surface area contributed by atoms with Gasteiger partial charge >= 0.3 is 0 Å². The Kier molecular flexibility index (Phi) is 5.04. The first-order valence-electron chi connectivity index (χ1n) is 7.90. The lowest BCUT2D eigenvalue weighted by Crippen LogP contribution is -2.30. The van der Waals surface area contributed by atoms with Crippen molar-refractivity contribution < 1.29 is 14.3 Å². The van der Waals surface area contributed by atoms with Gasteiger partial charge in [-0.25, -0.2) is 4.98 Å². The Balaban J connectivity index is 1.63. The molecule has 4 N–H and O–H groups in total. The van der Waals surface area contributed by atoms with Crippen LogP contribution in [0.15, 0.2) is 41.9 Å². The molecule has 0 spiro atoms. The summed E-state index contributed by atoms with van der Waals surface area (Å²) in [6.07, 6.45) is 0.975. The highest BCUT2D eigenvalue weighted by atomic mass is 32.1. The van der Waals surface area contributed by atoms with E-state index in [1.165, 1.54) is 11.3 Å². The molecule has 2 amide bonds. The van der Waals surface area contributed by atoms with Crippen LogP contribution in [-0.2, 0) is 4.79 Å². The molecule has 1 atom stereocenters. The van der Waals surface area contributed by atoms with Crippen LogP contribution in [0.3, 0.4) is 0 Å². The molecular weight excluding hydrogens is 352 g/mol. The van der Waals surface area contributed by atoms with Gasteiger partial charge in [-0.05, 0) is 32.0 Å². The fourth-order valence-corrected chi connectivity index (χ4v) is 2.95. The van der Waals surface area contributed by atoms with Gasteiger partial charge in [0.15, 0.2) is 11.2 Å². The van der Waals surface area contributed by atoms with E-state index in [0.717, 1.165) is 11.1 Å². The Hall–Kier alpha value is -3.13. The molecule has 26 heavy (non-hydrogen) atoms. The molecule has 0 aliphatic carbocycles. The Morgan fingerprint density at radius 3 is 2.69 bits per heavy atom. The van der Waals surface area contributed by atoms with E-state index in [0.29, 0.717) is 22.3 Å². The van der Waals surface area contributed by atoms with Gasteiger partial charge in [0.2, 0.25) is 0 Å². The number of nitrogens with one attached hydrogen (secondary N) is 2. The van der Waals surface area contributed by atoms with Crippen LogP contribution < -0.4 is 15.8 Å². The molecule has 1 aromatic carbocycles. The number of nitrogens with two attached hydrogens (primary N) is 1. The average molecular weight is 370 g/mol. The predicted molar refractivity (Wildman–Crippen MR) is 100 cm³/mol. The number of carbonyl (C=O) groups excluding carboxylic acids is 2. The minimum absolute atomic E-state index is 0.293. The summed E-state index contributed by atoms with van der Waals surface area (Å²) in [6.45, 7) is 3.66. The summed E-state index contributed by atoms with van der Waals surface area (Å²) in [5.74, 6) is -0.204. The molecule has 0 unspecified atom stereocenters. The molecule has 2 heterocycles. The largest absolute Gasteiger partial charge is 0.481 e. The van der Waals surface area contributed by atoms with E-state index < -0.39 is 12.0 Å². The normalized spacial score (nSPS) is 11.8. The summed E-state index contributed by atoms with van der Waals surface area (Å²) >= 11 is 1.29. The SMILES string of the molecule is Cc1ccc(O[C@@H](C)C(=O)Nc2nc(-c3c[nH]c(C(N)=O)c3)cs2)cc1. The highest BCUT2D eigenvalue weighted by molar-refractivity contribution is 7.14. The lowest BCUT2D eigenvalue weighted by Gasteiger charge is -2.13. The molecule has 0 saturated carbocycles. The van der Waals surface area contributed by atoms with E-state index in [1.54, 1.807) is 24.6 Å². The number of rotatable bonds is 6. The second-order valence-electron chi connectivity index (χ2n) is 5.77. The van der Waals surface area contributed by atoms with E-state index in [1.807, 2.05) is 31.2 Å². The van der Waals surface area contributed by atoms with Crippen molar-refractivity contribution >= 4 is 28.3 Å². The van der Waals surface area contributed by atoms with Crippen molar-refractivity contribution in [1.29, 1.82) is 0 Å². The van der Waals surface area contributed by atoms with E-state index in [9.17, 15) is 9.59 Å². The molecule has 134 valence electrons. The number of aryl methyl sites for hydroxylation is 1. The van der Waals surface area contributed by atoms with Crippen LogP contribution in [0.2, 0.25) is 0 Å². The van der Waals surface area contributed by atoms with Crippen LogP contribution in [-0.4, -0.2) is 27.9 Å². The second kappa shape index (κ2) is 7.40. The van der Waals surface area contributed by atoms with Crippen molar-refractivity contribution in [3.8, 4) is 17.0 Å². The number of ether oxygens (including phenoxy) is 1. The zero-order valence-corrected chi connectivity index (χ0v) is 15.1. The van der Waals surface area contributed by atoms with Crippen molar-refractivity contribution in [1.82, 2.24) is 9.97 Å². The number of thiazole rings is 1. The van der Waals surface area contributed by atoms with Crippen LogP contribution >= 0.6 is 11.3 Å². The van der Waals surface area contributed by atoms with E-state index >= 15 is 0 Å². The molecule has 0 aliphatic heterocycles. The van der Waals surface area contributed by atoms with Gasteiger partial charge in [-0.1, -0.05) is 17.7 Å². The number of primary amides is 1. The van der Waals surface area contributed by atoms with Gasteiger partial charge in [-0.15, -0.1) is 11.3 Å². The highest BCUT2D eigenvalue weighted by Gasteiger charge is 2.17. The van der Waals surface area contributed by atoms with Gasteiger partial charge in [-0.2, -0.15) is 0 Å². The minimum Gasteiger partial charge on any atom is -0.481 e. The Morgan fingerprint density at radius 2 is 2.04 bits per heavy atom. The lowest BCUT2D eigenvalue weighted by atomic mass is 10.2. The number of carbonyl (C=O) groups is 2. The molecule has 8 heteroatoms. The summed E-state index contributed by atoms with van der Waals surface area (Å²) < 4.78 is 5.63. The maximum Gasteiger partial charge on any atom is 0.266 e. The number of aromatic amines is 1. The van der Waals surface area contributed by atoms with E-state index in [2.05, 4.69) is 15.3 Å². The van der Waals surface area contributed by atoms with Gasteiger partial charge in [0, 0.05) is 17.1 Å². The van der Waals surface area contributed by atoms with Crippen LogP contribution in [0, 0.1) is 6.92 Å². The second-order valence-corrected chi connectivity index (χ2v) is 6.62. The molecule has 0 radical (unpaired) electrons. The van der Waals surface area contributed by atoms with Crippen LogP contribution in [0.25, 0.3) is 11.3 Å². The third kappa shape index (κ3) is 4.09. The topological polar surface area (TPSA) is 110 Å². The predicted octanol–water partition coefficient (Wildman–Crippen LogP) is 2.95. The van der Waals surface area contributed by atoms with Crippen molar-refractivity contribution in [3.63, 3.8) is 0 Å². The van der Waals surface area contributed by atoms with Gasteiger partial charge in [-0.3, -0.25) is 14.9 Å². The number of amides is 2. The first-order chi connectivity index (χ1) is 12.4. The maximum atomic E-state index is 12.3. The minimum atomic E-state index is -0.668. The standard InChI is InChI=1S/C18H18N4O3S/c1-10-3-5-13(6-4-10)25-11(2)17(24)22-18-21-15(9-26-18)12-7-14(16(19)23)20-8-12/h3-9,11,20H,1-2H3,(H2,19,23)(H,21,22,24)/t11-/m0/s1. The number of hydrogen-bond donors (Lipinski definition) is 3. The molecule has 0 bridgehead atoms. The Labute approximate surface area is 154 Å². The molecular formula is C18H18N4O3S. The third-order valence-electron chi connectivity index (χ3n) is 3.68.